The van der Waals surface area contributed by atoms with E-state index in [1.165, 1.54) is 12.8 Å². The van der Waals surface area contributed by atoms with E-state index in [1.807, 2.05) is 0 Å². The number of hydrogen-bond donors (Lipinski definition) is 1. The van der Waals surface area contributed by atoms with E-state index in [2.05, 4.69) is 29.3 Å². The molecular weight excluding hydrogens is 200 g/mol. The maximum atomic E-state index is 8.86. The quantitative estimate of drug-likeness (QED) is 0.685. The fourth-order valence-electron chi connectivity index (χ4n) is 0.693. The van der Waals surface area contributed by atoms with E-state index in [4.69, 9.17) is 8.74 Å². The van der Waals surface area contributed by atoms with Gasteiger partial charge in [-0.05, 0) is 6.42 Å². The first-order valence-corrected chi connectivity index (χ1v) is 7.04. The molecule has 11 heavy (non-hydrogen) atoms. The van der Waals surface area contributed by atoms with Crippen molar-refractivity contribution in [3.63, 3.8) is 0 Å². The summed E-state index contributed by atoms with van der Waals surface area (Å²) in [5.74, 6) is 0. The largest absolute Gasteiger partial charge is 0.306 e. The van der Waals surface area contributed by atoms with Crippen LogP contribution in [0.25, 0.3) is 0 Å². The highest BCUT2D eigenvalue weighted by molar-refractivity contribution is 8.51. The van der Waals surface area contributed by atoms with Gasteiger partial charge in [0.2, 0.25) is 0 Å². The SMILES string of the molecule is CCCCCCOS(O)(=S)=S. The summed E-state index contributed by atoms with van der Waals surface area (Å²) in [6, 6.07) is 0. The van der Waals surface area contributed by atoms with E-state index >= 15 is 0 Å². The lowest BCUT2D eigenvalue weighted by Crippen LogP contribution is -2.01. The molecule has 0 radical (unpaired) electrons. The van der Waals surface area contributed by atoms with Crippen LogP contribution < -0.4 is 0 Å². The number of unbranched alkanes of at least 4 members (excludes halogenated alkanes) is 3. The van der Waals surface area contributed by atoms with Gasteiger partial charge in [-0.1, -0.05) is 26.2 Å². The van der Waals surface area contributed by atoms with Gasteiger partial charge in [0.1, 0.15) is 7.71 Å². The van der Waals surface area contributed by atoms with Crippen molar-refractivity contribution < 1.29 is 8.74 Å². The topological polar surface area (TPSA) is 29.5 Å². The van der Waals surface area contributed by atoms with Crippen LogP contribution in [0.1, 0.15) is 32.6 Å². The van der Waals surface area contributed by atoms with Crippen LogP contribution in [0.2, 0.25) is 0 Å². The lowest BCUT2D eigenvalue weighted by atomic mass is 10.2. The van der Waals surface area contributed by atoms with Crippen LogP contribution in [-0.2, 0) is 34.3 Å². The number of rotatable bonds is 6. The third kappa shape index (κ3) is 10.7. The molecule has 0 heterocycles. The van der Waals surface area contributed by atoms with Crippen molar-refractivity contribution in [1.29, 1.82) is 0 Å². The smallest absolute Gasteiger partial charge is 0.135 e. The highest BCUT2D eigenvalue weighted by atomic mass is 33.1. The van der Waals surface area contributed by atoms with Crippen molar-refractivity contribution in [3.8, 4) is 0 Å². The fraction of sp³-hybridized carbons (Fsp3) is 1.00. The lowest BCUT2D eigenvalue weighted by molar-refractivity contribution is 0.322. The molecule has 0 aromatic heterocycles. The second-order valence-corrected chi connectivity index (χ2v) is 6.75. The van der Waals surface area contributed by atoms with Crippen molar-refractivity contribution in [2.75, 3.05) is 6.61 Å². The Morgan fingerprint density at radius 3 is 2.36 bits per heavy atom. The summed E-state index contributed by atoms with van der Waals surface area (Å²) in [6.07, 6.45) is 4.46. The van der Waals surface area contributed by atoms with E-state index < -0.39 is 7.71 Å². The van der Waals surface area contributed by atoms with Gasteiger partial charge >= 0.3 is 0 Å². The minimum atomic E-state index is -2.54. The van der Waals surface area contributed by atoms with Crippen LogP contribution >= 0.6 is 0 Å². The van der Waals surface area contributed by atoms with Gasteiger partial charge in [-0.2, -0.15) is 0 Å². The van der Waals surface area contributed by atoms with Gasteiger partial charge in [0, 0.05) is 22.4 Å². The zero-order valence-electron chi connectivity index (χ0n) is 6.62. The van der Waals surface area contributed by atoms with Crippen molar-refractivity contribution in [3.05, 3.63) is 0 Å². The first-order valence-electron chi connectivity index (χ1n) is 3.68. The summed E-state index contributed by atoms with van der Waals surface area (Å²) in [7, 11) is -2.54. The Labute approximate surface area is 78.2 Å². The molecule has 0 spiro atoms. The summed E-state index contributed by atoms with van der Waals surface area (Å²) in [4.78, 5) is 0. The van der Waals surface area contributed by atoms with Gasteiger partial charge < -0.3 is 4.55 Å². The predicted molar refractivity (Wildman–Crippen MR) is 54.8 cm³/mol. The minimum absolute atomic E-state index is 0.499. The molecule has 2 nitrogen and oxygen atoms in total. The molecule has 0 unspecified atom stereocenters. The van der Waals surface area contributed by atoms with Crippen molar-refractivity contribution in [2.45, 2.75) is 32.6 Å². The Kier molecular flexibility index (Phi) is 6.65. The Balaban J connectivity index is 3.16. The second kappa shape index (κ2) is 6.25. The molecule has 0 saturated heterocycles. The molecule has 0 aliphatic rings. The Morgan fingerprint density at radius 1 is 1.27 bits per heavy atom. The van der Waals surface area contributed by atoms with Gasteiger partial charge in [0.05, 0.1) is 6.61 Å². The summed E-state index contributed by atoms with van der Waals surface area (Å²) in [6.45, 7) is 2.64. The fourth-order valence-corrected chi connectivity index (χ4v) is 1.43. The average Bonchev–Trinajstić information content (AvgIpc) is 1.85. The average molecular weight is 214 g/mol. The maximum absolute atomic E-state index is 8.86. The van der Waals surface area contributed by atoms with E-state index in [9.17, 15) is 0 Å². The zero-order valence-corrected chi connectivity index (χ0v) is 9.07. The molecule has 0 aromatic carbocycles. The van der Waals surface area contributed by atoms with Gasteiger partial charge in [-0.25, -0.2) is 0 Å². The second-order valence-electron chi connectivity index (χ2n) is 2.31. The van der Waals surface area contributed by atoms with E-state index in [0.29, 0.717) is 6.61 Å². The lowest BCUT2D eigenvalue weighted by Gasteiger charge is -2.02. The highest BCUT2D eigenvalue weighted by Crippen LogP contribution is 2.00. The van der Waals surface area contributed by atoms with Gasteiger partial charge in [0.15, 0.2) is 0 Å². The van der Waals surface area contributed by atoms with Crippen molar-refractivity contribution in [2.24, 2.45) is 0 Å². The summed E-state index contributed by atoms with van der Waals surface area (Å²) >= 11 is 8.99. The normalized spacial score (nSPS) is 11.8. The molecule has 0 aromatic rings. The van der Waals surface area contributed by atoms with Crippen molar-refractivity contribution in [1.82, 2.24) is 0 Å². The molecule has 5 heteroatoms. The molecular formula is C6H14O2S3. The molecule has 0 atom stereocenters. The van der Waals surface area contributed by atoms with Gasteiger partial charge in [-0.3, -0.25) is 4.18 Å². The molecule has 0 saturated carbocycles. The molecule has 0 aliphatic carbocycles. The van der Waals surface area contributed by atoms with Gasteiger partial charge in [-0.15, -0.1) is 0 Å². The molecule has 0 fully saturated rings. The van der Waals surface area contributed by atoms with Gasteiger partial charge in [0.25, 0.3) is 0 Å². The Bertz CT molecular complexity index is 174. The summed E-state index contributed by atoms with van der Waals surface area (Å²) in [5.41, 5.74) is 0. The highest BCUT2D eigenvalue weighted by Gasteiger charge is 1.94. The van der Waals surface area contributed by atoms with Crippen LogP contribution in [0.4, 0.5) is 0 Å². The molecule has 0 amide bonds. The third-order valence-electron chi connectivity index (χ3n) is 1.23. The van der Waals surface area contributed by atoms with Crippen LogP contribution in [-0.4, -0.2) is 11.2 Å². The molecule has 68 valence electrons. The molecule has 0 aliphatic heterocycles. The Hall–Kier alpha value is 0.710. The monoisotopic (exact) mass is 214 g/mol. The maximum Gasteiger partial charge on any atom is 0.135 e. The first kappa shape index (κ1) is 11.7. The summed E-state index contributed by atoms with van der Waals surface area (Å²) in [5, 5.41) is 0. The zero-order chi connectivity index (χ0) is 8.74. The van der Waals surface area contributed by atoms with Crippen LogP contribution in [0.5, 0.6) is 0 Å². The molecule has 1 N–H and O–H groups in total. The van der Waals surface area contributed by atoms with Crippen LogP contribution in [0, 0.1) is 0 Å². The minimum Gasteiger partial charge on any atom is -0.306 e. The van der Waals surface area contributed by atoms with E-state index in [-0.39, 0.29) is 0 Å². The van der Waals surface area contributed by atoms with E-state index in [1.54, 1.807) is 0 Å². The van der Waals surface area contributed by atoms with Crippen LogP contribution in [0.15, 0.2) is 0 Å². The van der Waals surface area contributed by atoms with E-state index in [0.717, 1.165) is 12.8 Å². The number of hydrogen-bond acceptors (Lipinski definition) is 3. The summed E-state index contributed by atoms with van der Waals surface area (Å²) < 4.78 is 13.7. The molecule has 0 rings (SSSR count). The first-order chi connectivity index (χ1) is 5.06. The van der Waals surface area contributed by atoms with Crippen molar-refractivity contribution >= 4 is 30.1 Å². The molecule has 0 bridgehead atoms. The third-order valence-corrected chi connectivity index (χ3v) is 2.27. The predicted octanol–water partition coefficient (Wildman–Crippen LogP) is 2.05. The van der Waals surface area contributed by atoms with Crippen LogP contribution in [0.3, 0.4) is 0 Å². The Morgan fingerprint density at radius 2 is 1.91 bits per heavy atom. The standard InChI is InChI=1S/C6H14O2S3/c1-2-3-4-5-6-8-11(7,9)10/h2-6H2,1H3,(H,7,9,10).